The van der Waals surface area contributed by atoms with E-state index in [9.17, 15) is 0 Å². The van der Waals surface area contributed by atoms with E-state index in [-0.39, 0.29) is 0 Å². The molecule has 94 valence electrons. The van der Waals surface area contributed by atoms with Gasteiger partial charge in [-0.05, 0) is 37.1 Å². The van der Waals surface area contributed by atoms with Crippen LogP contribution in [0, 0.1) is 13.8 Å². The second-order valence-electron chi connectivity index (χ2n) is 4.11. The third-order valence-corrected chi connectivity index (χ3v) is 2.99. The summed E-state index contributed by atoms with van der Waals surface area (Å²) < 4.78 is 5.73. The molecule has 2 rings (SSSR count). The molecule has 0 unspecified atom stereocenters. The summed E-state index contributed by atoms with van der Waals surface area (Å²) in [5.41, 5.74) is 8.52. The molecule has 0 saturated carbocycles. The third kappa shape index (κ3) is 2.81. The van der Waals surface area contributed by atoms with E-state index < -0.39 is 0 Å². The maximum absolute atomic E-state index is 5.95. The molecule has 4 heteroatoms. The molecule has 0 fully saturated rings. The van der Waals surface area contributed by atoms with Gasteiger partial charge in [-0.25, -0.2) is 4.98 Å². The number of ether oxygens (including phenoxy) is 1. The van der Waals surface area contributed by atoms with Crippen LogP contribution in [0.5, 0.6) is 11.6 Å². The average molecular weight is 263 g/mol. The zero-order chi connectivity index (χ0) is 13.1. The van der Waals surface area contributed by atoms with E-state index in [2.05, 4.69) is 4.98 Å². The van der Waals surface area contributed by atoms with Gasteiger partial charge in [0, 0.05) is 23.3 Å². The standard InChI is InChI=1S/C14H15ClN2O/c1-9-3-5-12(15)7-13(9)18-14-6-4-11(8-16)10(2)17-14/h3-7H,8,16H2,1-2H3. The van der Waals surface area contributed by atoms with Crippen LogP contribution < -0.4 is 10.5 Å². The van der Waals surface area contributed by atoms with Crippen molar-refractivity contribution < 1.29 is 4.74 Å². The van der Waals surface area contributed by atoms with Crippen molar-refractivity contribution in [3.05, 3.63) is 52.2 Å². The van der Waals surface area contributed by atoms with Crippen LogP contribution in [0.4, 0.5) is 0 Å². The Kier molecular flexibility index (Phi) is 3.84. The van der Waals surface area contributed by atoms with Crippen LogP contribution in [0.15, 0.2) is 30.3 Å². The van der Waals surface area contributed by atoms with Crippen LogP contribution in [-0.4, -0.2) is 4.98 Å². The average Bonchev–Trinajstić information content (AvgIpc) is 2.34. The Bertz CT molecular complexity index is 570. The number of hydrogen-bond acceptors (Lipinski definition) is 3. The predicted octanol–water partition coefficient (Wildman–Crippen LogP) is 3.60. The summed E-state index contributed by atoms with van der Waals surface area (Å²) in [5.74, 6) is 1.27. The maximum Gasteiger partial charge on any atom is 0.219 e. The van der Waals surface area contributed by atoms with Gasteiger partial charge in [-0.3, -0.25) is 0 Å². The van der Waals surface area contributed by atoms with Gasteiger partial charge < -0.3 is 10.5 Å². The first kappa shape index (κ1) is 12.9. The van der Waals surface area contributed by atoms with Crippen LogP contribution >= 0.6 is 11.6 Å². The molecule has 0 atom stereocenters. The highest BCUT2D eigenvalue weighted by atomic mass is 35.5. The molecule has 18 heavy (non-hydrogen) atoms. The number of nitrogens with zero attached hydrogens (tertiary/aromatic N) is 1. The van der Waals surface area contributed by atoms with E-state index in [1.165, 1.54) is 0 Å². The van der Waals surface area contributed by atoms with Crippen molar-refractivity contribution in [3.63, 3.8) is 0 Å². The van der Waals surface area contributed by atoms with E-state index in [1.54, 1.807) is 6.07 Å². The molecule has 3 nitrogen and oxygen atoms in total. The Morgan fingerprint density at radius 1 is 1.22 bits per heavy atom. The number of nitrogens with two attached hydrogens (primary N) is 1. The lowest BCUT2D eigenvalue weighted by Crippen LogP contribution is -2.01. The van der Waals surface area contributed by atoms with Gasteiger partial charge in [-0.15, -0.1) is 0 Å². The number of pyridine rings is 1. The second kappa shape index (κ2) is 5.38. The highest BCUT2D eigenvalue weighted by Gasteiger charge is 2.05. The summed E-state index contributed by atoms with van der Waals surface area (Å²) in [6.07, 6.45) is 0. The van der Waals surface area contributed by atoms with E-state index in [1.807, 2.05) is 38.1 Å². The summed E-state index contributed by atoms with van der Waals surface area (Å²) in [5, 5.41) is 0.644. The molecule has 0 aliphatic heterocycles. The lowest BCUT2D eigenvalue weighted by molar-refractivity contribution is 0.458. The monoisotopic (exact) mass is 262 g/mol. The van der Waals surface area contributed by atoms with Crippen molar-refractivity contribution >= 4 is 11.6 Å². The molecule has 1 heterocycles. The molecular formula is C14H15ClN2O. The predicted molar refractivity (Wildman–Crippen MR) is 73.1 cm³/mol. The van der Waals surface area contributed by atoms with Crippen molar-refractivity contribution in [2.45, 2.75) is 20.4 Å². The number of rotatable bonds is 3. The highest BCUT2D eigenvalue weighted by molar-refractivity contribution is 6.30. The van der Waals surface area contributed by atoms with E-state index in [4.69, 9.17) is 22.1 Å². The number of aromatic nitrogens is 1. The zero-order valence-electron chi connectivity index (χ0n) is 10.4. The van der Waals surface area contributed by atoms with E-state index in [0.717, 1.165) is 22.6 Å². The Morgan fingerprint density at radius 3 is 2.67 bits per heavy atom. The van der Waals surface area contributed by atoms with Crippen LogP contribution in [0.3, 0.4) is 0 Å². The molecule has 0 radical (unpaired) electrons. The Balaban J connectivity index is 2.28. The first-order valence-electron chi connectivity index (χ1n) is 5.70. The largest absolute Gasteiger partial charge is 0.439 e. The Labute approximate surface area is 112 Å². The van der Waals surface area contributed by atoms with E-state index in [0.29, 0.717) is 17.4 Å². The molecule has 0 spiro atoms. The summed E-state index contributed by atoms with van der Waals surface area (Å²) in [6, 6.07) is 9.27. The van der Waals surface area contributed by atoms with Crippen LogP contribution in [0.1, 0.15) is 16.8 Å². The normalized spacial score (nSPS) is 10.4. The van der Waals surface area contributed by atoms with Gasteiger partial charge in [-0.1, -0.05) is 23.7 Å². The molecule has 0 amide bonds. The van der Waals surface area contributed by atoms with Crippen molar-refractivity contribution in [2.75, 3.05) is 0 Å². The number of hydrogen-bond donors (Lipinski definition) is 1. The molecule has 1 aromatic carbocycles. The topological polar surface area (TPSA) is 48.1 Å². The maximum atomic E-state index is 5.95. The highest BCUT2D eigenvalue weighted by Crippen LogP contribution is 2.27. The fourth-order valence-corrected chi connectivity index (χ4v) is 1.80. The molecule has 2 N–H and O–H groups in total. The van der Waals surface area contributed by atoms with Crippen LogP contribution in [0.2, 0.25) is 5.02 Å². The molecule has 2 aromatic rings. The first-order valence-corrected chi connectivity index (χ1v) is 6.08. The fraction of sp³-hybridized carbons (Fsp3) is 0.214. The van der Waals surface area contributed by atoms with Gasteiger partial charge in [0.1, 0.15) is 5.75 Å². The number of aryl methyl sites for hydroxylation is 2. The van der Waals surface area contributed by atoms with Gasteiger partial charge in [0.2, 0.25) is 5.88 Å². The van der Waals surface area contributed by atoms with Crippen molar-refractivity contribution in [2.24, 2.45) is 5.73 Å². The fourth-order valence-electron chi connectivity index (χ4n) is 1.64. The molecule has 0 aliphatic rings. The SMILES string of the molecule is Cc1ccc(Cl)cc1Oc1ccc(CN)c(C)n1. The minimum Gasteiger partial charge on any atom is -0.439 e. The smallest absolute Gasteiger partial charge is 0.219 e. The van der Waals surface area contributed by atoms with Crippen LogP contribution in [0.25, 0.3) is 0 Å². The lowest BCUT2D eigenvalue weighted by atomic mass is 10.2. The van der Waals surface area contributed by atoms with Gasteiger partial charge >= 0.3 is 0 Å². The second-order valence-corrected chi connectivity index (χ2v) is 4.55. The van der Waals surface area contributed by atoms with Gasteiger partial charge in [0.15, 0.2) is 0 Å². The summed E-state index contributed by atoms with van der Waals surface area (Å²) >= 11 is 5.95. The molecule has 0 aliphatic carbocycles. The summed E-state index contributed by atoms with van der Waals surface area (Å²) in [6.45, 7) is 4.36. The summed E-state index contributed by atoms with van der Waals surface area (Å²) in [4.78, 5) is 4.36. The van der Waals surface area contributed by atoms with Crippen molar-refractivity contribution in [1.29, 1.82) is 0 Å². The number of halogens is 1. The Hall–Kier alpha value is -1.58. The van der Waals surface area contributed by atoms with Crippen molar-refractivity contribution in [3.8, 4) is 11.6 Å². The quantitative estimate of drug-likeness (QED) is 0.919. The molecule has 1 aromatic heterocycles. The molecule has 0 saturated heterocycles. The molecule has 0 bridgehead atoms. The van der Waals surface area contributed by atoms with Gasteiger partial charge in [0.05, 0.1) is 0 Å². The lowest BCUT2D eigenvalue weighted by Gasteiger charge is -2.10. The van der Waals surface area contributed by atoms with Crippen molar-refractivity contribution in [1.82, 2.24) is 4.98 Å². The van der Waals surface area contributed by atoms with Gasteiger partial charge in [-0.2, -0.15) is 0 Å². The minimum atomic E-state index is 0.481. The minimum absolute atomic E-state index is 0.481. The number of benzene rings is 1. The van der Waals surface area contributed by atoms with Gasteiger partial charge in [0.25, 0.3) is 0 Å². The zero-order valence-corrected chi connectivity index (χ0v) is 11.2. The summed E-state index contributed by atoms with van der Waals surface area (Å²) in [7, 11) is 0. The molecular weight excluding hydrogens is 248 g/mol. The third-order valence-electron chi connectivity index (χ3n) is 2.75. The van der Waals surface area contributed by atoms with Crippen LogP contribution in [-0.2, 0) is 6.54 Å². The Morgan fingerprint density at radius 2 is 2.00 bits per heavy atom. The first-order chi connectivity index (χ1) is 8.60. The van der Waals surface area contributed by atoms with E-state index >= 15 is 0 Å².